The largest absolute Gasteiger partial charge is 0.150 e. The van der Waals surface area contributed by atoms with Crippen molar-refractivity contribution in [2.75, 3.05) is 0 Å². The average molecular weight is 240 g/mol. The maximum atomic E-state index is 10.5. The summed E-state index contributed by atoms with van der Waals surface area (Å²) in [5.74, 6) is 0. The predicted octanol–water partition coefficient (Wildman–Crippen LogP) is 3.59. The Morgan fingerprint density at radius 3 is 3.08 bits per heavy atom. The number of rotatable bonds is 1. The van der Waals surface area contributed by atoms with Gasteiger partial charge in [-0.05, 0) is 42.5 Å². The molecule has 1 aliphatic rings. The lowest BCUT2D eigenvalue weighted by Gasteiger charge is -2.19. The van der Waals surface area contributed by atoms with Crippen LogP contribution in [0.3, 0.4) is 0 Å². The fourth-order valence-electron chi connectivity index (χ4n) is 1.87. The van der Waals surface area contributed by atoms with Gasteiger partial charge in [-0.15, -0.1) is 0 Å². The van der Waals surface area contributed by atoms with Gasteiger partial charge in [-0.25, -0.2) is 0 Å². The van der Waals surface area contributed by atoms with Crippen LogP contribution < -0.4 is 0 Å². The Hall–Kier alpha value is -0.700. The molecule has 1 aliphatic carbocycles. The predicted molar refractivity (Wildman–Crippen MR) is 55.6 cm³/mol. The Labute approximate surface area is 85.4 Å². The van der Waals surface area contributed by atoms with Crippen molar-refractivity contribution in [3.63, 3.8) is 0 Å². The molecule has 0 fully saturated rings. The summed E-state index contributed by atoms with van der Waals surface area (Å²) >= 11 is 3.42. The number of hydrogen-bond donors (Lipinski definition) is 0. The number of nitroso groups, excluding NO2 is 1. The SMILES string of the molecule is O=NC1CCCc2cc(Br)ccc21. The van der Waals surface area contributed by atoms with Crippen molar-refractivity contribution >= 4 is 15.9 Å². The summed E-state index contributed by atoms with van der Waals surface area (Å²) in [6, 6.07) is 5.96. The summed E-state index contributed by atoms with van der Waals surface area (Å²) in [5.41, 5.74) is 2.38. The lowest BCUT2D eigenvalue weighted by Crippen LogP contribution is -2.07. The smallest absolute Gasteiger partial charge is 0.117 e. The third kappa shape index (κ3) is 1.66. The molecule has 0 radical (unpaired) electrons. The number of halogens is 1. The molecule has 13 heavy (non-hydrogen) atoms. The summed E-state index contributed by atoms with van der Waals surface area (Å²) in [6.07, 6.45) is 3.04. The van der Waals surface area contributed by atoms with Gasteiger partial charge < -0.3 is 0 Å². The molecule has 0 saturated carbocycles. The molecule has 1 atom stereocenters. The molecular formula is C10H10BrNO. The lowest BCUT2D eigenvalue weighted by molar-refractivity contribution is 0.569. The van der Waals surface area contributed by atoms with Gasteiger partial charge in [-0.2, -0.15) is 4.91 Å². The van der Waals surface area contributed by atoms with E-state index in [0.717, 1.165) is 29.3 Å². The lowest BCUT2D eigenvalue weighted by atomic mass is 9.88. The van der Waals surface area contributed by atoms with Crippen LogP contribution in [0.4, 0.5) is 0 Å². The monoisotopic (exact) mass is 239 g/mol. The number of aryl methyl sites for hydroxylation is 1. The van der Waals surface area contributed by atoms with Crippen LogP contribution in [0.15, 0.2) is 27.8 Å². The molecule has 68 valence electrons. The van der Waals surface area contributed by atoms with Gasteiger partial charge in [0.05, 0.1) is 0 Å². The van der Waals surface area contributed by atoms with Crippen LogP contribution >= 0.6 is 15.9 Å². The highest BCUT2D eigenvalue weighted by Gasteiger charge is 2.20. The summed E-state index contributed by atoms with van der Waals surface area (Å²) in [5, 5.41) is 3.15. The van der Waals surface area contributed by atoms with Gasteiger partial charge >= 0.3 is 0 Å². The summed E-state index contributed by atoms with van der Waals surface area (Å²) in [7, 11) is 0. The van der Waals surface area contributed by atoms with E-state index >= 15 is 0 Å². The van der Waals surface area contributed by atoms with Crippen molar-refractivity contribution in [2.24, 2.45) is 5.18 Å². The topological polar surface area (TPSA) is 29.4 Å². The van der Waals surface area contributed by atoms with Gasteiger partial charge in [-0.1, -0.05) is 27.2 Å². The zero-order chi connectivity index (χ0) is 9.26. The summed E-state index contributed by atoms with van der Waals surface area (Å²) in [6.45, 7) is 0. The van der Waals surface area contributed by atoms with Crippen LogP contribution in [0, 0.1) is 4.91 Å². The van der Waals surface area contributed by atoms with E-state index < -0.39 is 0 Å². The van der Waals surface area contributed by atoms with E-state index in [4.69, 9.17) is 0 Å². The molecule has 0 heterocycles. The van der Waals surface area contributed by atoms with Gasteiger partial charge in [0.1, 0.15) is 6.04 Å². The highest BCUT2D eigenvalue weighted by molar-refractivity contribution is 9.10. The maximum absolute atomic E-state index is 10.5. The van der Waals surface area contributed by atoms with Crippen molar-refractivity contribution in [3.8, 4) is 0 Å². The molecule has 2 rings (SSSR count). The normalized spacial score (nSPS) is 20.8. The standard InChI is InChI=1S/C10H10BrNO/c11-8-4-5-9-7(6-8)2-1-3-10(9)12-13/h4-6,10H,1-3H2. The summed E-state index contributed by atoms with van der Waals surface area (Å²) in [4.78, 5) is 10.5. The fourth-order valence-corrected chi connectivity index (χ4v) is 2.28. The number of nitrogens with zero attached hydrogens (tertiary/aromatic N) is 1. The minimum atomic E-state index is -0.114. The number of fused-ring (bicyclic) bond motifs is 1. The van der Waals surface area contributed by atoms with E-state index in [1.807, 2.05) is 12.1 Å². The van der Waals surface area contributed by atoms with E-state index in [-0.39, 0.29) is 6.04 Å². The summed E-state index contributed by atoms with van der Waals surface area (Å²) < 4.78 is 1.08. The van der Waals surface area contributed by atoms with Crippen molar-refractivity contribution < 1.29 is 0 Å². The van der Waals surface area contributed by atoms with Gasteiger partial charge in [0.2, 0.25) is 0 Å². The molecule has 1 aromatic carbocycles. The van der Waals surface area contributed by atoms with Crippen LogP contribution in [0.25, 0.3) is 0 Å². The van der Waals surface area contributed by atoms with E-state index in [0.29, 0.717) is 0 Å². The van der Waals surface area contributed by atoms with Gasteiger partial charge in [0.15, 0.2) is 0 Å². The second kappa shape index (κ2) is 3.58. The second-order valence-electron chi connectivity index (χ2n) is 3.36. The molecule has 0 bridgehead atoms. The molecule has 0 spiro atoms. The minimum Gasteiger partial charge on any atom is -0.150 e. The Kier molecular flexibility index (Phi) is 2.44. The third-order valence-electron chi connectivity index (χ3n) is 2.51. The van der Waals surface area contributed by atoms with Crippen molar-refractivity contribution in [1.29, 1.82) is 0 Å². The second-order valence-corrected chi connectivity index (χ2v) is 4.27. The van der Waals surface area contributed by atoms with E-state index in [1.54, 1.807) is 0 Å². The molecule has 2 nitrogen and oxygen atoms in total. The van der Waals surface area contributed by atoms with Gasteiger partial charge in [-0.3, -0.25) is 0 Å². The van der Waals surface area contributed by atoms with E-state index in [1.165, 1.54) is 5.56 Å². The van der Waals surface area contributed by atoms with Gasteiger partial charge in [0, 0.05) is 4.47 Å². The number of hydrogen-bond acceptors (Lipinski definition) is 2. The highest BCUT2D eigenvalue weighted by Crippen LogP contribution is 2.33. The maximum Gasteiger partial charge on any atom is 0.117 e. The quantitative estimate of drug-likeness (QED) is 0.689. The zero-order valence-corrected chi connectivity index (χ0v) is 8.75. The first-order valence-corrected chi connectivity index (χ1v) is 5.21. The molecule has 1 aromatic rings. The molecule has 0 aromatic heterocycles. The number of benzene rings is 1. The van der Waals surface area contributed by atoms with Crippen LogP contribution in [0.2, 0.25) is 0 Å². The van der Waals surface area contributed by atoms with Crippen molar-refractivity contribution in [3.05, 3.63) is 38.7 Å². The first kappa shape index (κ1) is 8.88. The third-order valence-corrected chi connectivity index (χ3v) is 3.01. The Bertz CT molecular complexity index is 338. The molecular weight excluding hydrogens is 230 g/mol. The molecule has 1 unspecified atom stereocenters. The van der Waals surface area contributed by atoms with Crippen LogP contribution in [-0.4, -0.2) is 0 Å². The highest BCUT2D eigenvalue weighted by atomic mass is 79.9. The molecule has 0 amide bonds. The minimum absolute atomic E-state index is 0.114. The van der Waals surface area contributed by atoms with E-state index in [9.17, 15) is 4.91 Å². The fraction of sp³-hybridized carbons (Fsp3) is 0.400. The Morgan fingerprint density at radius 1 is 1.46 bits per heavy atom. The Morgan fingerprint density at radius 2 is 2.31 bits per heavy atom. The molecule has 0 aliphatic heterocycles. The molecule has 3 heteroatoms. The van der Waals surface area contributed by atoms with E-state index in [2.05, 4.69) is 27.2 Å². The van der Waals surface area contributed by atoms with Crippen LogP contribution in [-0.2, 0) is 6.42 Å². The van der Waals surface area contributed by atoms with Crippen molar-refractivity contribution in [2.45, 2.75) is 25.3 Å². The average Bonchev–Trinajstić information content (AvgIpc) is 2.16. The molecule has 0 saturated heterocycles. The van der Waals surface area contributed by atoms with Crippen molar-refractivity contribution in [1.82, 2.24) is 0 Å². The zero-order valence-electron chi connectivity index (χ0n) is 7.16. The molecule has 0 N–H and O–H groups in total. The van der Waals surface area contributed by atoms with Gasteiger partial charge in [0.25, 0.3) is 0 Å². The first-order chi connectivity index (χ1) is 6.31. The first-order valence-electron chi connectivity index (χ1n) is 4.42. The van der Waals surface area contributed by atoms with Crippen LogP contribution in [0.5, 0.6) is 0 Å². The Balaban J connectivity index is 2.45. The van der Waals surface area contributed by atoms with Crippen LogP contribution in [0.1, 0.15) is 30.0 Å².